The fourth-order valence-electron chi connectivity index (χ4n) is 4.71. The smallest absolute Gasteiger partial charge is 0.270 e. The van der Waals surface area contributed by atoms with Crippen LogP contribution in [0.5, 0.6) is 5.75 Å². The molecular formula is C26H27FN6O5. The number of ether oxygens (including phenoxy) is 1. The SMILES string of the molecule is CC(=O)N1CCC(CNC(=O)c2cc(C(=O)NCc3ccc4c(c3)CC(=O)CO4)nc3c(F)cnn23)CC1. The van der Waals surface area contributed by atoms with Gasteiger partial charge < -0.3 is 20.3 Å². The predicted octanol–water partition coefficient (Wildman–Crippen LogP) is 1.29. The van der Waals surface area contributed by atoms with Gasteiger partial charge in [-0.2, -0.15) is 5.10 Å². The summed E-state index contributed by atoms with van der Waals surface area (Å²) in [5.74, 6) is -1.01. The highest BCUT2D eigenvalue weighted by Gasteiger charge is 2.24. The number of likely N-dealkylation sites (tertiary alicyclic amines) is 1. The molecule has 12 heteroatoms. The zero-order valence-corrected chi connectivity index (χ0v) is 20.8. The summed E-state index contributed by atoms with van der Waals surface area (Å²) >= 11 is 0. The molecule has 0 saturated carbocycles. The minimum absolute atomic E-state index is 0.0188. The van der Waals surface area contributed by atoms with Crippen LogP contribution in [-0.4, -0.2) is 69.2 Å². The quantitative estimate of drug-likeness (QED) is 0.498. The number of rotatable bonds is 6. The van der Waals surface area contributed by atoms with Gasteiger partial charge in [-0.25, -0.2) is 13.9 Å². The van der Waals surface area contributed by atoms with Gasteiger partial charge in [-0.1, -0.05) is 6.07 Å². The first-order valence-corrected chi connectivity index (χ1v) is 12.4. The van der Waals surface area contributed by atoms with E-state index in [1.165, 1.54) is 13.0 Å². The second-order valence-corrected chi connectivity index (χ2v) is 9.54. The van der Waals surface area contributed by atoms with Gasteiger partial charge >= 0.3 is 0 Å². The third-order valence-electron chi connectivity index (χ3n) is 6.86. The Hall–Kier alpha value is -4.35. The maximum atomic E-state index is 14.4. The summed E-state index contributed by atoms with van der Waals surface area (Å²) in [6.07, 6.45) is 2.73. The van der Waals surface area contributed by atoms with E-state index >= 15 is 0 Å². The summed E-state index contributed by atoms with van der Waals surface area (Å²) in [5, 5.41) is 9.48. The lowest BCUT2D eigenvalue weighted by Gasteiger charge is -2.31. The van der Waals surface area contributed by atoms with Gasteiger partial charge in [0.2, 0.25) is 5.91 Å². The summed E-state index contributed by atoms with van der Waals surface area (Å²) in [4.78, 5) is 55.0. The first-order valence-electron chi connectivity index (χ1n) is 12.4. The highest BCUT2D eigenvalue weighted by atomic mass is 19.1. The molecule has 4 heterocycles. The Morgan fingerprint density at radius 2 is 1.92 bits per heavy atom. The van der Waals surface area contributed by atoms with Crippen LogP contribution in [0, 0.1) is 11.7 Å². The predicted molar refractivity (Wildman–Crippen MR) is 132 cm³/mol. The number of carbonyl (C=O) groups is 4. The van der Waals surface area contributed by atoms with Crippen LogP contribution in [0.25, 0.3) is 5.65 Å². The first-order chi connectivity index (χ1) is 18.3. The third kappa shape index (κ3) is 5.34. The number of ketones is 1. The Labute approximate surface area is 217 Å². The Morgan fingerprint density at radius 1 is 1.13 bits per heavy atom. The monoisotopic (exact) mass is 522 g/mol. The van der Waals surface area contributed by atoms with Gasteiger partial charge in [0.25, 0.3) is 11.8 Å². The van der Waals surface area contributed by atoms with Crippen LogP contribution < -0.4 is 15.4 Å². The molecule has 2 aliphatic heterocycles. The van der Waals surface area contributed by atoms with E-state index in [-0.39, 0.29) is 54.2 Å². The lowest BCUT2D eigenvalue weighted by molar-refractivity contribution is -0.130. The van der Waals surface area contributed by atoms with Crippen molar-refractivity contribution in [2.75, 3.05) is 26.2 Å². The van der Waals surface area contributed by atoms with E-state index in [1.54, 1.807) is 23.1 Å². The van der Waals surface area contributed by atoms with Crippen LogP contribution in [0.1, 0.15) is 51.9 Å². The summed E-state index contributed by atoms with van der Waals surface area (Å²) in [5.41, 5.74) is 1.12. The largest absolute Gasteiger partial charge is 0.486 e. The zero-order valence-electron chi connectivity index (χ0n) is 20.8. The van der Waals surface area contributed by atoms with Crippen LogP contribution >= 0.6 is 0 Å². The summed E-state index contributed by atoms with van der Waals surface area (Å²) in [6, 6.07) is 6.60. The Morgan fingerprint density at radius 3 is 2.68 bits per heavy atom. The topological polar surface area (TPSA) is 135 Å². The fourth-order valence-corrected chi connectivity index (χ4v) is 4.71. The van der Waals surface area contributed by atoms with Crippen LogP contribution in [0.2, 0.25) is 0 Å². The average molecular weight is 523 g/mol. The number of hydrogen-bond donors (Lipinski definition) is 2. The number of carbonyl (C=O) groups excluding carboxylic acids is 4. The molecule has 1 saturated heterocycles. The number of aromatic nitrogens is 3. The molecule has 3 aromatic rings. The lowest BCUT2D eigenvalue weighted by Crippen LogP contribution is -2.40. The molecule has 0 bridgehead atoms. The van der Waals surface area contributed by atoms with Gasteiger partial charge in [0.1, 0.15) is 23.7 Å². The van der Waals surface area contributed by atoms with E-state index in [9.17, 15) is 23.6 Å². The van der Waals surface area contributed by atoms with Crippen molar-refractivity contribution >= 4 is 29.2 Å². The van der Waals surface area contributed by atoms with Crippen molar-refractivity contribution < 1.29 is 28.3 Å². The molecule has 11 nitrogen and oxygen atoms in total. The molecule has 2 N–H and O–H groups in total. The molecular weight excluding hydrogens is 495 g/mol. The summed E-state index contributed by atoms with van der Waals surface area (Å²) in [6.45, 7) is 3.38. The molecule has 0 radical (unpaired) electrons. The van der Waals surface area contributed by atoms with Crippen LogP contribution in [0.15, 0.2) is 30.5 Å². The molecule has 0 spiro atoms. The molecule has 1 aromatic carbocycles. The highest BCUT2D eigenvalue weighted by Crippen LogP contribution is 2.24. The number of piperidine rings is 1. The molecule has 5 rings (SSSR count). The normalized spacial score (nSPS) is 15.6. The molecule has 2 aliphatic rings. The molecule has 198 valence electrons. The Kier molecular flexibility index (Phi) is 7.03. The van der Waals surface area contributed by atoms with Crippen molar-refractivity contribution in [3.63, 3.8) is 0 Å². The Bertz CT molecular complexity index is 1430. The number of benzene rings is 1. The van der Waals surface area contributed by atoms with Gasteiger partial charge in [-0.3, -0.25) is 19.2 Å². The summed E-state index contributed by atoms with van der Waals surface area (Å²) < 4.78 is 20.8. The first kappa shape index (κ1) is 25.3. The molecule has 38 heavy (non-hydrogen) atoms. The minimum atomic E-state index is -0.760. The van der Waals surface area contributed by atoms with Crippen molar-refractivity contribution in [2.45, 2.75) is 32.7 Å². The van der Waals surface area contributed by atoms with Gasteiger partial charge in [-0.05, 0) is 36.5 Å². The zero-order chi connectivity index (χ0) is 26.8. The summed E-state index contributed by atoms with van der Waals surface area (Å²) in [7, 11) is 0. The van der Waals surface area contributed by atoms with E-state index in [1.807, 2.05) is 0 Å². The number of amides is 3. The number of fused-ring (bicyclic) bond motifs is 2. The third-order valence-corrected chi connectivity index (χ3v) is 6.86. The van der Waals surface area contributed by atoms with Gasteiger partial charge in [0.05, 0.1) is 6.20 Å². The second kappa shape index (κ2) is 10.6. The molecule has 0 aliphatic carbocycles. The van der Waals surface area contributed by atoms with Crippen LogP contribution in [0.4, 0.5) is 4.39 Å². The molecule has 0 unspecified atom stereocenters. The van der Waals surface area contributed by atoms with Crippen LogP contribution in [0.3, 0.4) is 0 Å². The molecule has 2 aromatic heterocycles. The van der Waals surface area contributed by atoms with Crippen molar-refractivity contribution in [1.29, 1.82) is 0 Å². The van der Waals surface area contributed by atoms with Gasteiger partial charge in [-0.15, -0.1) is 0 Å². The van der Waals surface area contributed by atoms with Gasteiger partial charge in [0.15, 0.2) is 17.2 Å². The van der Waals surface area contributed by atoms with Crippen molar-refractivity contribution in [3.8, 4) is 5.75 Å². The minimum Gasteiger partial charge on any atom is -0.486 e. The fraction of sp³-hybridized carbons (Fsp3) is 0.385. The molecule has 0 atom stereocenters. The van der Waals surface area contributed by atoms with E-state index in [4.69, 9.17) is 4.74 Å². The standard InChI is InChI=1S/C26H27FN6O5/c1-15(34)32-6-4-16(5-7-32)11-29-26(37)22-10-21(31-24-20(27)13-30-33(22)24)25(36)28-12-17-2-3-23-18(8-17)9-19(35)14-38-23/h2-3,8,10,13,16H,4-7,9,11-12,14H2,1H3,(H,28,36)(H,29,37). The second-order valence-electron chi connectivity index (χ2n) is 9.54. The van der Waals surface area contributed by atoms with E-state index in [0.29, 0.717) is 25.4 Å². The Balaban J connectivity index is 1.27. The number of hydrogen-bond acceptors (Lipinski definition) is 7. The van der Waals surface area contributed by atoms with E-state index in [2.05, 4.69) is 20.7 Å². The average Bonchev–Trinajstić information content (AvgIpc) is 3.30. The molecule has 3 amide bonds. The van der Waals surface area contributed by atoms with E-state index < -0.39 is 17.6 Å². The van der Waals surface area contributed by atoms with Crippen LogP contribution in [-0.2, 0) is 22.6 Å². The number of halogens is 1. The molecule has 1 fully saturated rings. The highest BCUT2D eigenvalue weighted by molar-refractivity contribution is 5.98. The maximum Gasteiger partial charge on any atom is 0.270 e. The number of nitrogens with one attached hydrogen (secondary N) is 2. The number of nitrogens with zero attached hydrogens (tertiary/aromatic N) is 4. The van der Waals surface area contributed by atoms with Crippen molar-refractivity contribution in [1.82, 2.24) is 30.1 Å². The van der Waals surface area contributed by atoms with E-state index in [0.717, 1.165) is 34.7 Å². The maximum absolute atomic E-state index is 14.4. The van der Waals surface area contributed by atoms with Crippen molar-refractivity contribution in [2.24, 2.45) is 5.92 Å². The van der Waals surface area contributed by atoms with Crippen molar-refractivity contribution in [3.05, 3.63) is 58.8 Å². The number of Topliss-reactive ketones (excluding diaryl/α,β-unsaturated/α-hetero) is 1. The lowest BCUT2D eigenvalue weighted by atomic mass is 9.97. The van der Waals surface area contributed by atoms with Gasteiger partial charge in [0, 0.05) is 51.2 Å².